The van der Waals surface area contributed by atoms with Crippen LogP contribution in [0.15, 0.2) is 0 Å². The van der Waals surface area contributed by atoms with Gasteiger partial charge in [-0.25, -0.2) is 0 Å². The first-order valence-electron chi connectivity index (χ1n) is 5.56. The summed E-state index contributed by atoms with van der Waals surface area (Å²) in [6.07, 6.45) is 0. The highest BCUT2D eigenvalue weighted by molar-refractivity contribution is 5.85. The number of rotatable bonds is 6. The molecule has 1 amide bonds. The molecule has 1 aliphatic heterocycles. The van der Waals surface area contributed by atoms with E-state index in [-0.39, 0.29) is 37.3 Å². The molecule has 0 aromatic heterocycles. The summed E-state index contributed by atoms with van der Waals surface area (Å²) >= 11 is 0. The molecule has 18 heavy (non-hydrogen) atoms. The maximum atomic E-state index is 11.4. The smallest absolute Gasteiger partial charge is 0.239 e. The summed E-state index contributed by atoms with van der Waals surface area (Å²) in [5, 5.41) is 2.79. The number of ether oxygens (including phenoxy) is 2. The normalized spacial score (nSPS) is 17.2. The molecule has 8 heteroatoms. The molecule has 1 rings (SSSR count). The molecule has 0 aromatic rings. The molecule has 110 valence electrons. The molecule has 1 saturated heterocycles. The Labute approximate surface area is 120 Å². The van der Waals surface area contributed by atoms with Gasteiger partial charge in [0.05, 0.1) is 19.8 Å². The molecule has 0 saturated carbocycles. The Balaban J connectivity index is 0. The van der Waals surface area contributed by atoms with E-state index in [0.29, 0.717) is 6.54 Å². The van der Waals surface area contributed by atoms with Crippen molar-refractivity contribution < 1.29 is 14.3 Å². The molecule has 1 aliphatic rings. The van der Waals surface area contributed by atoms with E-state index in [2.05, 4.69) is 10.2 Å². The van der Waals surface area contributed by atoms with Gasteiger partial charge in [-0.2, -0.15) is 0 Å². The van der Waals surface area contributed by atoms with E-state index in [1.807, 2.05) is 0 Å². The average Bonchev–Trinajstić information content (AvgIpc) is 2.30. The zero-order valence-electron chi connectivity index (χ0n) is 10.6. The number of hydrogen-bond donors (Lipinski definition) is 2. The van der Waals surface area contributed by atoms with Crippen LogP contribution in [-0.2, 0) is 14.3 Å². The van der Waals surface area contributed by atoms with Crippen LogP contribution in [0.1, 0.15) is 0 Å². The standard InChI is InChI=1S/C10H21N3O3.2ClH/c1-15-8-9(11)10(14)12-2-3-13-4-6-16-7-5-13;;/h9H,2-8,11H2,1H3,(H,12,14);2*1H. The lowest BCUT2D eigenvalue weighted by Gasteiger charge is -2.26. The second-order valence-corrected chi connectivity index (χ2v) is 3.81. The Morgan fingerprint density at radius 3 is 2.61 bits per heavy atom. The van der Waals surface area contributed by atoms with Crippen LogP contribution in [0.5, 0.6) is 0 Å². The molecular formula is C10H23Cl2N3O3. The summed E-state index contributed by atoms with van der Waals surface area (Å²) < 4.78 is 10.0. The quantitative estimate of drug-likeness (QED) is 0.675. The summed E-state index contributed by atoms with van der Waals surface area (Å²) in [6, 6.07) is -0.574. The summed E-state index contributed by atoms with van der Waals surface area (Å²) in [6.45, 7) is 5.13. The van der Waals surface area contributed by atoms with Crippen LogP contribution >= 0.6 is 24.8 Å². The van der Waals surface area contributed by atoms with Gasteiger partial charge in [-0.05, 0) is 0 Å². The SMILES string of the molecule is COCC(N)C(=O)NCCN1CCOCC1.Cl.Cl. The monoisotopic (exact) mass is 303 g/mol. The fourth-order valence-corrected chi connectivity index (χ4v) is 1.55. The highest BCUT2D eigenvalue weighted by atomic mass is 35.5. The van der Waals surface area contributed by atoms with Crippen molar-refractivity contribution in [2.45, 2.75) is 6.04 Å². The topological polar surface area (TPSA) is 76.8 Å². The Kier molecular flexibility index (Phi) is 13.4. The van der Waals surface area contributed by atoms with Crippen molar-refractivity contribution >= 4 is 30.7 Å². The third-order valence-electron chi connectivity index (χ3n) is 2.51. The van der Waals surface area contributed by atoms with Crippen LogP contribution in [0.3, 0.4) is 0 Å². The minimum absolute atomic E-state index is 0. The van der Waals surface area contributed by atoms with Crippen molar-refractivity contribution in [3.63, 3.8) is 0 Å². The third kappa shape index (κ3) is 8.07. The lowest BCUT2D eigenvalue weighted by molar-refractivity contribution is -0.123. The van der Waals surface area contributed by atoms with Crippen molar-refractivity contribution in [1.29, 1.82) is 0 Å². The first-order valence-corrected chi connectivity index (χ1v) is 5.56. The Morgan fingerprint density at radius 1 is 1.44 bits per heavy atom. The van der Waals surface area contributed by atoms with E-state index >= 15 is 0 Å². The molecule has 0 aromatic carbocycles. The molecular weight excluding hydrogens is 281 g/mol. The predicted octanol–water partition coefficient (Wildman–Crippen LogP) is -0.748. The van der Waals surface area contributed by atoms with Gasteiger partial charge in [0, 0.05) is 33.3 Å². The first kappa shape index (κ1) is 20.2. The summed E-state index contributed by atoms with van der Waals surface area (Å²) in [5.74, 6) is -0.157. The van der Waals surface area contributed by atoms with Gasteiger partial charge in [-0.1, -0.05) is 0 Å². The number of nitrogens with one attached hydrogen (secondary N) is 1. The number of carbonyl (C=O) groups is 1. The van der Waals surface area contributed by atoms with Crippen LogP contribution in [-0.4, -0.2) is 70.0 Å². The number of halogens is 2. The molecule has 1 heterocycles. The van der Waals surface area contributed by atoms with E-state index in [1.54, 1.807) is 0 Å². The summed E-state index contributed by atoms with van der Waals surface area (Å²) in [4.78, 5) is 13.7. The van der Waals surface area contributed by atoms with Crippen molar-refractivity contribution in [2.75, 3.05) is 53.1 Å². The fraction of sp³-hybridized carbons (Fsp3) is 0.900. The Bertz CT molecular complexity index is 217. The number of hydrogen-bond acceptors (Lipinski definition) is 5. The number of amides is 1. The van der Waals surface area contributed by atoms with Crippen molar-refractivity contribution in [1.82, 2.24) is 10.2 Å². The van der Waals surface area contributed by atoms with E-state index in [4.69, 9.17) is 15.2 Å². The van der Waals surface area contributed by atoms with Gasteiger partial charge in [0.2, 0.25) is 5.91 Å². The van der Waals surface area contributed by atoms with Crippen LogP contribution in [0, 0.1) is 0 Å². The second-order valence-electron chi connectivity index (χ2n) is 3.81. The fourth-order valence-electron chi connectivity index (χ4n) is 1.55. The third-order valence-corrected chi connectivity index (χ3v) is 2.51. The van der Waals surface area contributed by atoms with Crippen LogP contribution < -0.4 is 11.1 Å². The Hall–Kier alpha value is -0.110. The molecule has 0 bridgehead atoms. The largest absolute Gasteiger partial charge is 0.383 e. The van der Waals surface area contributed by atoms with Crippen molar-refractivity contribution in [3.8, 4) is 0 Å². The minimum Gasteiger partial charge on any atom is -0.383 e. The Morgan fingerprint density at radius 2 is 2.06 bits per heavy atom. The molecule has 6 nitrogen and oxygen atoms in total. The highest BCUT2D eigenvalue weighted by Gasteiger charge is 2.13. The minimum atomic E-state index is -0.574. The summed E-state index contributed by atoms with van der Waals surface area (Å²) in [5.41, 5.74) is 5.58. The lowest BCUT2D eigenvalue weighted by atomic mass is 10.3. The van der Waals surface area contributed by atoms with E-state index in [9.17, 15) is 4.79 Å². The number of morpholine rings is 1. The summed E-state index contributed by atoms with van der Waals surface area (Å²) in [7, 11) is 1.53. The molecule has 3 N–H and O–H groups in total. The first-order chi connectivity index (χ1) is 7.74. The van der Waals surface area contributed by atoms with Crippen LogP contribution in [0.2, 0.25) is 0 Å². The molecule has 1 fully saturated rings. The van der Waals surface area contributed by atoms with E-state index in [1.165, 1.54) is 7.11 Å². The zero-order valence-corrected chi connectivity index (χ0v) is 12.2. The van der Waals surface area contributed by atoms with Gasteiger partial charge in [0.25, 0.3) is 0 Å². The van der Waals surface area contributed by atoms with E-state index < -0.39 is 6.04 Å². The van der Waals surface area contributed by atoms with Gasteiger partial charge in [0.15, 0.2) is 0 Å². The lowest BCUT2D eigenvalue weighted by Crippen LogP contribution is -2.47. The van der Waals surface area contributed by atoms with Crippen molar-refractivity contribution in [3.05, 3.63) is 0 Å². The van der Waals surface area contributed by atoms with E-state index in [0.717, 1.165) is 32.8 Å². The molecule has 1 unspecified atom stereocenters. The predicted molar refractivity (Wildman–Crippen MR) is 74.6 cm³/mol. The maximum absolute atomic E-state index is 11.4. The molecule has 0 radical (unpaired) electrons. The average molecular weight is 304 g/mol. The molecule has 0 aliphatic carbocycles. The number of methoxy groups -OCH3 is 1. The van der Waals surface area contributed by atoms with Gasteiger partial charge in [-0.15, -0.1) is 24.8 Å². The second kappa shape index (κ2) is 12.0. The number of nitrogens with two attached hydrogens (primary N) is 1. The van der Waals surface area contributed by atoms with Gasteiger partial charge in [-0.3, -0.25) is 9.69 Å². The zero-order chi connectivity index (χ0) is 11.8. The highest BCUT2D eigenvalue weighted by Crippen LogP contribution is 1.94. The van der Waals surface area contributed by atoms with Gasteiger partial charge >= 0.3 is 0 Å². The van der Waals surface area contributed by atoms with Gasteiger partial charge in [0.1, 0.15) is 6.04 Å². The van der Waals surface area contributed by atoms with Crippen LogP contribution in [0.4, 0.5) is 0 Å². The van der Waals surface area contributed by atoms with Crippen LogP contribution in [0.25, 0.3) is 0 Å². The number of nitrogens with zero attached hydrogens (tertiary/aromatic N) is 1. The van der Waals surface area contributed by atoms with Gasteiger partial charge < -0.3 is 20.5 Å². The number of carbonyl (C=O) groups excluding carboxylic acids is 1. The maximum Gasteiger partial charge on any atom is 0.239 e. The van der Waals surface area contributed by atoms with Crippen molar-refractivity contribution in [2.24, 2.45) is 5.73 Å². The molecule has 0 spiro atoms. The molecule has 1 atom stereocenters.